The summed E-state index contributed by atoms with van der Waals surface area (Å²) in [6, 6.07) is 6.67. The average molecular weight is 277 g/mol. The Morgan fingerprint density at radius 1 is 1.30 bits per heavy atom. The van der Waals surface area contributed by atoms with Gasteiger partial charge in [0.05, 0.1) is 5.41 Å². The summed E-state index contributed by atoms with van der Waals surface area (Å²) in [6.45, 7) is 6.04. The third kappa shape index (κ3) is 3.04. The molecule has 1 N–H and O–H groups in total. The monoisotopic (exact) mass is 277 g/mol. The summed E-state index contributed by atoms with van der Waals surface area (Å²) >= 11 is 0. The van der Waals surface area contributed by atoms with Gasteiger partial charge < -0.3 is 9.84 Å². The fourth-order valence-electron chi connectivity index (χ4n) is 1.95. The molecule has 2 rings (SSSR count). The van der Waals surface area contributed by atoms with Gasteiger partial charge in [-0.05, 0) is 45.5 Å². The van der Waals surface area contributed by atoms with Gasteiger partial charge in [-0.15, -0.1) is 0 Å². The lowest BCUT2D eigenvalue weighted by atomic mass is 9.84. The van der Waals surface area contributed by atoms with Crippen molar-refractivity contribution < 1.29 is 8.91 Å². The van der Waals surface area contributed by atoms with E-state index in [0.29, 0.717) is 18.1 Å². The fourth-order valence-corrected chi connectivity index (χ4v) is 1.95. The molecular weight excluding hydrogens is 257 g/mol. The van der Waals surface area contributed by atoms with Crippen molar-refractivity contribution >= 4 is 0 Å². The number of nitrogens with zero attached hydrogens (tertiary/aromatic N) is 2. The second-order valence-electron chi connectivity index (χ2n) is 5.54. The lowest BCUT2D eigenvalue weighted by Gasteiger charge is -2.20. The molecule has 0 saturated carbocycles. The van der Waals surface area contributed by atoms with Crippen LogP contribution < -0.4 is 5.32 Å². The van der Waals surface area contributed by atoms with Crippen LogP contribution in [0.15, 0.2) is 28.8 Å². The van der Waals surface area contributed by atoms with Crippen LogP contribution in [0.5, 0.6) is 0 Å². The van der Waals surface area contributed by atoms with Crippen molar-refractivity contribution in [3.05, 3.63) is 47.4 Å². The van der Waals surface area contributed by atoms with E-state index in [0.717, 1.165) is 5.56 Å². The molecule has 0 radical (unpaired) electrons. The predicted octanol–water partition coefficient (Wildman–Crippen LogP) is 2.69. The molecule has 5 heteroatoms. The van der Waals surface area contributed by atoms with Crippen LogP contribution in [0.25, 0.3) is 0 Å². The van der Waals surface area contributed by atoms with Crippen molar-refractivity contribution in [1.82, 2.24) is 15.5 Å². The summed E-state index contributed by atoms with van der Waals surface area (Å²) in [5.41, 5.74) is 0.533. The number of hydrogen-bond acceptors (Lipinski definition) is 4. The minimum absolute atomic E-state index is 0.249. The van der Waals surface area contributed by atoms with Crippen LogP contribution in [-0.2, 0) is 11.8 Å². The molecule has 0 aliphatic rings. The van der Waals surface area contributed by atoms with Crippen LogP contribution in [0.4, 0.5) is 4.39 Å². The summed E-state index contributed by atoms with van der Waals surface area (Å²) in [6.07, 6.45) is 0.684. The minimum Gasteiger partial charge on any atom is -0.339 e. The first-order chi connectivity index (χ1) is 9.43. The first-order valence-electron chi connectivity index (χ1n) is 6.70. The van der Waals surface area contributed by atoms with Gasteiger partial charge in [0, 0.05) is 12.5 Å². The van der Waals surface area contributed by atoms with E-state index in [4.69, 9.17) is 4.52 Å². The van der Waals surface area contributed by atoms with Crippen LogP contribution in [0.2, 0.25) is 0 Å². The summed E-state index contributed by atoms with van der Waals surface area (Å²) in [7, 11) is 1.89. The van der Waals surface area contributed by atoms with E-state index in [9.17, 15) is 4.39 Å². The van der Waals surface area contributed by atoms with Gasteiger partial charge in [0.2, 0.25) is 5.89 Å². The highest BCUT2D eigenvalue weighted by atomic mass is 19.1. The lowest BCUT2D eigenvalue weighted by molar-refractivity contribution is 0.355. The third-order valence-corrected chi connectivity index (χ3v) is 3.57. The Balaban J connectivity index is 2.23. The van der Waals surface area contributed by atoms with Gasteiger partial charge in [0.15, 0.2) is 5.82 Å². The Morgan fingerprint density at radius 2 is 1.95 bits per heavy atom. The van der Waals surface area contributed by atoms with Gasteiger partial charge in [-0.1, -0.05) is 17.3 Å². The topological polar surface area (TPSA) is 51.0 Å². The van der Waals surface area contributed by atoms with Crippen molar-refractivity contribution in [2.75, 3.05) is 7.05 Å². The number of benzene rings is 1. The molecular formula is C15H20FN3O. The predicted molar refractivity (Wildman–Crippen MR) is 75.1 cm³/mol. The highest BCUT2D eigenvalue weighted by molar-refractivity contribution is 5.30. The van der Waals surface area contributed by atoms with Gasteiger partial charge >= 0.3 is 0 Å². The molecule has 0 fully saturated rings. The molecule has 2 aromatic rings. The van der Waals surface area contributed by atoms with Gasteiger partial charge in [-0.25, -0.2) is 4.39 Å². The van der Waals surface area contributed by atoms with Crippen LogP contribution in [0, 0.1) is 5.82 Å². The fraction of sp³-hybridized carbons (Fsp3) is 0.467. The SMILES string of the molecule is CNC(C)Cc1nc(C(C)(C)c2ccc(F)cc2)no1. The Hall–Kier alpha value is -1.75. The van der Waals surface area contributed by atoms with E-state index in [1.165, 1.54) is 12.1 Å². The highest BCUT2D eigenvalue weighted by Gasteiger charge is 2.29. The van der Waals surface area contributed by atoms with Gasteiger partial charge in [0.25, 0.3) is 0 Å². The zero-order valence-corrected chi connectivity index (χ0v) is 12.3. The average Bonchev–Trinajstić information content (AvgIpc) is 2.88. The van der Waals surface area contributed by atoms with Gasteiger partial charge in [-0.3, -0.25) is 0 Å². The maximum atomic E-state index is 13.0. The normalized spacial score (nSPS) is 13.4. The minimum atomic E-state index is -0.418. The Bertz CT molecular complexity index is 563. The largest absolute Gasteiger partial charge is 0.339 e. The first kappa shape index (κ1) is 14.7. The van der Waals surface area contributed by atoms with Crippen molar-refractivity contribution in [2.24, 2.45) is 0 Å². The molecule has 1 aromatic heterocycles. The van der Waals surface area contributed by atoms with Crippen LogP contribution >= 0.6 is 0 Å². The lowest BCUT2D eigenvalue weighted by Crippen LogP contribution is -2.24. The molecule has 0 bridgehead atoms. The number of likely N-dealkylation sites (N-methyl/N-ethyl adjacent to an activating group) is 1. The van der Waals surface area contributed by atoms with Crippen LogP contribution in [-0.4, -0.2) is 23.2 Å². The van der Waals surface area contributed by atoms with E-state index < -0.39 is 5.41 Å². The molecule has 1 heterocycles. The Labute approximate surface area is 118 Å². The summed E-state index contributed by atoms with van der Waals surface area (Å²) in [5.74, 6) is 0.973. The summed E-state index contributed by atoms with van der Waals surface area (Å²) < 4.78 is 18.3. The van der Waals surface area contributed by atoms with Crippen LogP contribution in [0.1, 0.15) is 38.0 Å². The summed E-state index contributed by atoms with van der Waals surface area (Å²) in [4.78, 5) is 4.46. The number of rotatable bonds is 5. The smallest absolute Gasteiger partial charge is 0.228 e. The molecule has 0 aliphatic carbocycles. The second-order valence-corrected chi connectivity index (χ2v) is 5.54. The highest BCUT2D eigenvalue weighted by Crippen LogP contribution is 2.29. The molecule has 0 aliphatic heterocycles. The van der Waals surface area contributed by atoms with Crippen molar-refractivity contribution in [3.8, 4) is 0 Å². The first-order valence-corrected chi connectivity index (χ1v) is 6.70. The molecule has 1 unspecified atom stereocenters. The van der Waals surface area contributed by atoms with E-state index in [-0.39, 0.29) is 11.9 Å². The standard InChI is InChI=1S/C15H20FN3O/c1-10(17-4)9-13-18-14(19-20-13)15(2,3)11-5-7-12(16)8-6-11/h5-8,10,17H,9H2,1-4H3. The van der Waals surface area contributed by atoms with Crippen molar-refractivity contribution in [3.63, 3.8) is 0 Å². The molecule has 20 heavy (non-hydrogen) atoms. The van der Waals surface area contributed by atoms with Crippen LogP contribution in [0.3, 0.4) is 0 Å². The quantitative estimate of drug-likeness (QED) is 0.913. The van der Waals surface area contributed by atoms with Crippen molar-refractivity contribution in [2.45, 2.75) is 38.6 Å². The molecule has 1 atom stereocenters. The molecule has 0 amide bonds. The van der Waals surface area contributed by atoms with Gasteiger partial charge in [0.1, 0.15) is 5.82 Å². The molecule has 108 valence electrons. The number of hydrogen-bond donors (Lipinski definition) is 1. The third-order valence-electron chi connectivity index (χ3n) is 3.57. The maximum absolute atomic E-state index is 13.0. The van der Waals surface area contributed by atoms with E-state index in [2.05, 4.69) is 22.4 Å². The number of aromatic nitrogens is 2. The summed E-state index contributed by atoms with van der Waals surface area (Å²) in [5, 5.41) is 7.20. The maximum Gasteiger partial charge on any atom is 0.228 e. The Morgan fingerprint density at radius 3 is 2.55 bits per heavy atom. The second kappa shape index (κ2) is 5.71. The molecule has 4 nitrogen and oxygen atoms in total. The molecule has 0 spiro atoms. The molecule has 0 saturated heterocycles. The van der Waals surface area contributed by atoms with E-state index in [1.807, 2.05) is 20.9 Å². The number of halogens is 1. The zero-order chi connectivity index (χ0) is 14.8. The van der Waals surface area contributed by atoms with E-state index >= 15 is 0 Å². The molecule has 1 aromatic carbocycles. The van der Waals surface area contributed by atoms with Gasteiger partial charge in [-0.2, -0.15) is 4.98 Å². The van der Waals surface area contributed by atoms with E-state index in [1.54, 1.807) is 12.1 Å². The zero-order valence-electron chi connectivity index (χ0n) is 12.3. The Kier molecular flexibility index (Phi) is 4.18. The number of nitrogens with one attached hydrogen (secondary N) is 1. The van der Waals surface area contributed by atoms with Crippen molar-refractivity contribution in [1.29, 1.82) is 0 Å².